The topological polar surface area (TPSA) is 66.5 Å². The summed E-state index contributed by atoms with van der Waals surface area (Å²) in [7, 11) is 0. The van der Waals surface area contributed by atoms with Crippen LogP contribution in [0, 0.1) is 5.82 Å². The van der Waals surface area contributed by atoms with E-state index in [1.807, 2.05) is 6.07 Å². The highest BCUT2D eigenvalue weighted by Crippen LogP contribution is 2.42. The summed E-state index contributed by atoms with van der Waals surface area (Å²) >= 11 is 0. The van der Waals surface area contributed by atoms with Gasteiger partial charge in [0.05, 0.1) is 11.1 Å². The second kappa shape index (κ2) is 7.78. The van der Waals surface area contributed by atoms with Crippen LogP contribution in [0.5, 0.6) is 0 Å². The summed E-state index contributed by atoms with van der Waals surface area (Å²) in [4.78, 5) is 38.5. The maximum Gasteiger partial charge on any atom is 0.235 e. The lowest BCUT2D eigenvalue weighted by molar-refractivity contribution is -0.129. The van der Waals surface area contributed by atoms with E-state index in [9.17, 15) is 18.8 Å². The van der Waals surface area contributed by atoms with Crippen LogP contribution in [0.3, 0.4) is 0 Å². The van der Waals surface area contributed by atoms with Crippen molar-refractivity contribution in [1.29, 1.82) is 0 Å². The Morgan fingerprint density at radius 3 is 2.21 bits per heavy atom. The Morgan fingerprint density at radius 1 is 0.931 bits per heavy atom. The lowest BCUT2D eigenvalue weighted by Gasteiger charge is -2.28. The van der Waals surface area contributed by atoms with Crippen molar-refractivity contribution in [3.8, 4) is 0 Å². The summed E-state index contributed by atoms with van der Waals surface area (Å²) in [5.41, 5.74) is 1.06. The molecular formula is C23H23FN2O3. The van der Waals surface area contributed by atoms with Gasteiger partial charge in [-0.1, -0.05) is 25.0 Å². The minimum atomic E-state index is -0.737. The predicted molar refractivity (Wildman–Crippen MR) is 108 cm³/mol. The molecule has 2 fully saturated rings. The fraction of sp³-hybridized carbons (Fsp3) is 0.348. The van der Waals surface area contributed by atoms with Gasteiger partial charge < -0.3 is 5.32 Å². The number of piperidine rings is 1. The van der Waals surface area contributed by atoms with Gasteiger partial charge in [0.15, 0.2) is 0 Å². The van der Waals surface area contributed by atoms with Crippen LogP contribution >= 0.6 is 0 Å². The Hall–Kier alpha value is -3.02. The minimum absolute atomic E-state index is 0.154. The van der Waals surface area contributed by atoms with Crippen LogP contribution in [0.15, 0.2) is 48.5 Å². The average Bonchev–Trinajstić information content (AvgIpc) is 3.20. The molecule has 0 spiro atoms. The van der Waals surface area contributed by atoms with Crippen LogP contribution < -0.4 is 10.2 Å². The smallest absolute Gasteiger partial charge is 0.235 e. The zero-order valence-corrected chi connectivity index (χ0v) is 16.1. The summed E-state index contributed by atoms with van der Waals surface area (Å²) < 4.78 is 13.8. The van der Waals surface area contributed by atoms with E-state index in [2.05, 4.69) is 5.32 Å². The van der Waals surface area contributed by atoms with Crippen molar-refractivity contribution in [1.82, 2.24) is 0 Å². The van der Waals surface area contributed by atoms with E-state index in [0.29, 0.717) is 49.0 Å². The number of halogens is 1. The third kappa shape index (κ3) is 3.67. The molecular weight excluding hydrogens is 371 g/mol. The van der Waals surface area contributed by atoms with Crippen molar-refractivity contribution >= 4 is 29.1 Å². The first-order valence-corrected chi connectivity index (χ1v) is 10.0. The summed E-state index contributed by atoms with van der Waals surface area (Å²) in [5, 5.41) is 2.95. The standard InChI is InChI=1S/C23H23FN2O3/c24-17-6-3-5-16(15-17)23(13-1-2-14-23)22(29)25-18-9-11-19(12-10-18)26-20(27)7-4-8-21(26)28/h3,5-6,9-12,15H,1-2,4,7-8,13-14H2,(H,25,29). The predicted octanol–water partition coefficient (Wildman–Crippen LogP) is 4.32. The van der Waals surface area contributed by atoms with Crippen LogP contribution in [-0.4, -0.2) is 17.7 Å². The zero-order chi connectivity index (χ0) is 20.4. The number of rotatable bonds is 4. The van der Waals surface area contributed by atoms with Crippen LogP contribution in [0.2, 0.25) is 0 Å². The van der Waals surface area contributed by atoms with Gasteiger partial charge in [-0.25, -0.2) is 4.39 Å². The highest BCUT2D eigenvalue weighted by Gasteiger charge is 2.43. The van der Waals surface area contributed by atoms with Gasteiger partial charge >= 0.3 is 0 Å². The molecule has 1 heterocycles. The number of nitrogens with zero attached hydrogens (tertiary/aromatic N) is 1. The van der Waals surface area contributed by atoms with E-state index in [1.54, 1.807) is 30.3 Å². The number of imide groups is 1. The summed E-state index contributed by atoms with van der Waals surface area (Å²) in [6, 6.07) is 13.0. The van der Waals surface area contributed by atoms with Crippen LogP contribution in [0.4, 0.5) is 15.8 Å². The Labute approximate surface area is 168 Å². The molecule has 3 amide bonds. The van der Waals surface area contributed by atoms with Crippen molar-refractivity contribution < 1.29 is 18.8 Å². The quantitative estimate of drug-likeness (QED) is 0.786. The molecule has 4 rings (SSSR count). The molecule has 6 heteroatoms. The maximum absolute atomic E-state index is 13.8. The lowest BCUT2D eigenvalue weighted by atomic mass is 9.78. The number of benzene rings is 2. The Morgan fingerprint density at radius 2 is 1.59 bits per heavy atom. The van der Waals surface area contributed by atoms with Gasteiger partial charge in [-0.05, 0) is 61.2 Å². The Kier molecular flexibility index (Phi) is 5.18. The molecule has 0 aromatic heterocycles. The largest absolute Gasteiger partial charge is 0.325 e. The molecule has 1 saturated carbocycles. The summed E-state index contributed by atoms with van der Waals surface area (Å²) in [5.74, 6) is -0.900. The van der Waals surface area contributed by atoms with Crippen molar-refractivity contribution in [3.63, 3.8) is 0 Å². The van der Waals surface area contributed by atoms with E-state index < -0.39 is 5.41 Å². The summed E-state index contributed by atoms with van der Waals surface area (Å²) in [6.45, 7) is 0. The normalized spacial score (nSPS) is 18.7. The second-order valence-corrected chi connectivity index (χ2v) is 7.78. The molecule has 150 valence electrons. The lowest BCUT2D eigenvalue weighted by Crippen LogP contribution is -2.40. The SMILES string of the molecule is O=C1CCCC(=O)N1c1ccc(NC(=O)C2(c3cccc(F)c3)CCCC2)cc1. The van der Waals surface area contributed by atoms with Crippen LogP contribution in [-0.2, 0) is 19.8 Å². The molecule has 1 saturated heterocycles. The molecule has 0 radical (unpaired) electrons. The van der Waals surface area contributed by atoms with Gasteiger partial charge in [0.1, 0.15) is 5.82 Å². The van der Waals surface area contributed by atoms with Gasteiger partial charge in [0.2, 0.25) is 17.7 Å². The first-order valence-electron chi connectivity index (χ1n) is 10.0. The minimum Gasteiger partial charge on any atom is -0.325 e. The average molecular weight is 394 g/mol. The number of carbonyl (C=O) groups is 3. The molecule has 5 nitrogen and oxygen atoms in total. The molecule has 1 N–H and O–H groups in total. The fourth-order valence-electron chi connectivity index (χ4n) is 4.40. The zero-order valence-electron chi connectivity index (χ0n) is 16.1. The first-order chi connectivity index (χ1) is 14.0. The van der Waals surface area contributed by atoms with E-state index in [0.717, 1.165) is 12.8 Å². The second-order valence-electron chi connectivity index (χ2n) is 7.78. The number of amides is 3. The molecule has 0 unspecified atom stereocenters. The van der Waals surface area contributed by atoms with Gasteiger partial charge in [-0.15, -0.1) is 0 Å². The molecule has 2 aromatic rings. The highest BCUT2D eigenvalue weighted by atomic mass is 19.1. The number of anilines is 2. The summed E-state index contributed by atoms with van der Waals surface area (Å²) in [6.07, 6.45) is 4.50. The van der Waals surface area contributed by atoms with E-state index in [-0.39, 0.29) is 23.5 Å². The van der Waals surface area contributed by atoms with E-state index in [1.165, 1.54) is 17.0 Å². The van der Waals surface area contributed by atoms with Crippen LogP contribution in [0.1, 0.15) is 50.5 Å². The van der Waals surface area contributed by atoms with Gasteiger partial charge in [0.25, 0.3) is 0 Å². The molecule has 1 aliphatic carbocycles. The first kappa shape index (κ1) is 19.3. The molecule has 0 atom stereocenters. The third-order valence-corrected chi connectivity index (χ3v) is 5.93. The Bertz CT molecular complexity index is 933. The number of nitrogens with one attached hydrogen (secondary N) is 1. The number of carbonyl (C=O) groups excluding carboxylic acids is 3. The van der Waals surface area contributed by atoms with Gasteiger partial charge in [-0.3, -0.25) is 19.3 Å². The van der Waals surface area contributed by atoms with Crippen molar-refractivity contribution in [2.75, 3.05) is 10.2 Å². The number of hydrogen-bond donors (Lipinski definition) is 1. The highest BCUT2D eigenvalue weighted by molar-refractivity contribution is 6.16. The Balaban J connectivity index is 1.54. The number of hydrogen-bond acceptors (Lipinski definition) is 3. The van der Waals surface area contributed by atoms with E-state index in [4.69, 9.17) is 0 Å². The van der Waals surface area contributed by atoms with Gasteiger partial charge in [0, 0.05) is 18.5 Å². The molecule has 2 aliphatic rings. The monoisotopic (exact) mass is 394 g/mol. The molecule has 29 heavy (non-hydrogen) atoms. The van der Waals surface area contributed by atoms with Crippen molar-refractivity contribution in [2.24, 2.45) is 0 Å². The van der Waals surface area contributed by atoms with Crippen molar-refractivity contribution in [2.45, 2.75) is 50.4 Å². The third-order valence-electron chi connectivity index (χ3n) is 5.93. The van der Waals surface area contributed by atoms with Crippen molar-refractivity contribution in [3.05, 3.63) is 59.9 Å². The molecule has 0 bridgehead atoms. The van der Waals surface area contributed by atoms with Gasteiger partial charge in [-0.2, -0.15) is 0 Å². The van der Waals surface area contributed by atoms with Crippen LogP contribution in [0.25, 0.3) is 0 Å². The fourth-order valence-corrected chi connectivity index (χ4v) is 4.40. The van der Waals surface area contributed by atoms with E-state index >= 15 is 0 Å². The molecule has 1 aliphatic heterocycles. The molecule has 2 aromatic carbocycles. The maximum atomic E-state index is 13.8.